The van der Waals surface area contributed by atoms with Crippen LogP contribution in [0.5, 0.6) is 0 Å². The Morgan fingerprint density at radius 3 is 2.56 bits per heavy atom. The molecule has 0 aliphatic rings. The molecule has 16 heavy (non-hydrogen) atoms. The molecule has 0 amide bonds. The molecule has 0 fully saturated rings. The van der Waals surface area contributed by atoms with Gasteiger partial charge in [0, 0.05) is 20.3 Å². The third kappa shape index (κ3) is 3.57. The number of nitrogens with two attached hydrogens (primary N) is 1. The molecule has 0 spiro atoms. The average molecular weight is 304 g/mol. The number of hydrogen-bond acceptors (Lipinski definition) is 2. The maximum absolute atomic E-state index is 6.36. The second kappa shape index (κ2) is 6.77. The van der Waals surface area contributed by atoms with Crippen molar-refractivity contribution in [1.82, 2.24) is 0 Å². The predicted octanol–water partition coefficient (Wildman–Crippen LogP) is 5.04. The molecule has 1 aromatic heterocycles. The van der Waals surface area contributed by atoms with Gasteiger partial charge in [0.15, 0.2) is 0 Å². The molecule has 0 saturated carbocycles. The molecule has 2 atom stereocenters. The van der Waals surface area contributed by atoms with Gasteiger partial charge in [0.2, 0.25) is 0 Å². The number of thiophene rings is 1. The highest BCUT2D eigenvalue weighted by Gasteiger charge is 2.19. The van der Waals surface area contributed by atoms with Crippen molar-refractivity contribution in [2.24, 2.45) is 11.7 Å². The molecule has 0 aliphatic carbocycles. The molecule has 3 heteroatoms. The van der Waals surface area contributed by atoms with E-state index < -0.39 is 0 Å². The van der Waals surface area contributed by atoms with Crippen molar-refractivity contribution in [3.05, 3.63) is 20.3 Å². The summed E-state index contributed by atoms with van der Waals surface area (Å²) in [5.41, 5.74) is 6.36. The molecule has 0 aromatic carbocycles. The zero-order valence-corrected chi connectivity index (χ0v) is 12.8. The summed E-state index contributed by atoms with van der Waals surface area (Å²) < 4.78 is 1.20. The molecular weight excluding hydrogens is 282 g/mol. The molecule has 0 saturated heterocycles. The number of halogens is 1. The van der Waals surface area contributed by atoms with E-state index in [1.165, 1.54) is 39.9 Å². The van der Waals surface area contributed by atoms with Gasteiger partial charge in [-0.2, -0.15) is 0 Å². The Kier molecular flexibility index (Phi) is 6.01. The smallest absolute Gasteiger partial charge is 0.0418 e. The normalized spacial score (nSPS) is 15.1. The van der Waals surface area contributed by atoms with E-state index in [1.54, 1.807) is 0 Å². The van der Waals surface area contributed by atoms with Crippen LogP contribution in [0.25, 0.3) is 0 Å². The molecule has 2 N–H and O–H groups in total. The molecule has 1 heterocycles. The molecule has 0 aliphatic heterocycles. The third-order valence-corrected chi connectivity index (χ3v) is 5.40. The van der Waals surface area contributed by atoms with E-state index in [1.807, 2.05) is 11.3 Å². The van der Waals surface area contributed by atoms with Crippen LogP contribution in [-0.4, -0.2) is 0 Å². The minimum atomic E-state index is 0.214. The van der Waals surface area contributed by atoms with Crippen LogP contribution in [0.1, 0.15) is 55.3 Å². The van der Waals surface area contributed by atoms with Crippen molar-refractivity contribution < 1.29 is 0 Å². The van der Waals surface area contributed by atoms with Crippen LogP contribution in [0.2, 0.25) is 0 Å². The van der Waals surface area contributed by atoms with Crippen molar-refractivity contribution in [2.75, 3.05) is 0 Å². The first kappa shape index (κ1) is 14.2. The molecule has 1 aromatic rings. The maximum atomic E-state index is 6.36. The van der Waals surface area contributed by atoms with E-state index in [4.69, 9.17) is 5.73 Å². The van der Waals surface area contributed by atoms with Gasteiger partial charge >= 0.3 is 0 Å². The fourth-order valence-corrected chi connectivity index (χ4v) is 3.64. The van der Waals surface area contributed by atoms with Crippen molar-refractivity contribution in [3.63, 3.8) is 0 Å². The number of unbranched alkanes of at least 4 members (excludes halogenated alkanes) is 1. The topological polar surface area (TPSA) is 26.0 Å². The van der Waals surface area contributed by atoms with Gasteiger partial charge in [-0.25, -0.2) is 0 Å². The van der Waals surface area contributed by atoms with E-state index in [0.717, 1.165) is 0 Å². The van der Waals surface area contributed by atoms with Crippen molar-refractivity contribution in [2.45, 2.75) is 52.5 Å². The lowest BCUT2D eigenvalue weighted by Crippen LogP contribution is -2.19. The van der Waals surface area contributed by atoms with Gasteiger partial charge < -0.3 is 5.73 Å². The third-order valence-electron chi connectivity index (χ3n) is 3.17. The van der Waals surface area contributed by atoms with Crippen LogP contribution < -0.4 is 5.73 Å². The summed E-state index contributed by atoms with van der Waals surface area (Å²) in [7, 11) is 0. The van der Waals surface area contributed by atoms with Crippen molar-refractivity contribution in [3.8, 4) is 0 Å². The first-order valence-corrected chi connectivity index (χ1v) is 7.72. The Labute approximate surface area is 112 Å². The Hall–Kier alpha value is 0.140. The fraction of sp³-hybridized carbons (Fsp3) is 0.692. The van der Waals surface area contributed by atoms with Gasteiger partial charge in [-0.3, -0.25) is 0 Å². The standard InChI is InChI=1S/C13H22BrNS/c1-4-6-7-10(5-2)13(15)12-8-11(14)9(3)16-12/h8,10,13H,4-7,15H2,1-3H3. The highest BCUT2D eigenvalue weighted by molar-refractivity contribution is 9.10. The lowest BCUT2D eigenvalue weighted by atomic mass is 9.91. The van der Waals surface area contributed by atoms with E-state index in [-0.39, 0.29) is 6.04 Å². The minimum Gasteiger partial charge on any atom is -0.323 e. The Morgan fingerprint density at radius 2 is 2.12 bits per heavy atom. The molecular formula is C13H22BrNS. The van der Waals surface area contributed by atoms with Gasteiger partial charge in [-0.1, -0.05) is 33.1 Å². The highest BCUT2D eigenvalue weighted by Crippen LogP contribution is 2.35. The lowest BCUT2D eigenvalue weighted by Gasteiger charge is -2.21. The predicted molar refractivity (Wildman–Crippen MR) is 77.0 cm³/mol. The first-order valence-electron chi connectivity index (χ1n) is 6.11. The maximum Gasteiger partial charge on any atom is 0.0418 e. The summed E-state index contributed by atoms with van der Waals surface area (Å²) in [5, 5.41) is 0. The van der Waals surface area contributed by atoms with Crippen molar-refractivity contribution in [1.29, 1.82) is 0 Å². The number of rotatable bonds is 6. The monoisotopic (exact) mass is 303 g/mol. The van der Waals surface area contributed by atoms with Crippen LogP contribution in [0.4, 0.5) is 0 Å². The summed E-state index contributed by atoms with van der Waals surface area (Å²) in [6, 6.07) is 2.41. The van der Waals surface area contributed by atoms with E-state index in [2.05, 4.69) is 42.8 Å². The van der Waals surface area contributed by atoms with Crippen LogP contribution >= 0.6 is 27.3 Å². The fourth-order valence-electron chi connectivity index (χ4n) is 1.98. The largest absolute Gasteiger partial charge is 0.323 e. The quantitative estimate of drug-likeness (QED) is 0.783. The summed E-state index contributed by atoms with van der Waals surface area (Å²) >= 11 is 5.39. The summed E-state index contributed by atoms with van der Waals surface area (Å²) in [6.07, 6.45) is 4.98. The van der Waals surface area contributed by atoms with Gasteiger partial charge in [0.05, 0.1) is 0 Å². The molecule has 1 rings (SSSR count). The van der Waals surface area contributed by atoms with E-state index in [0.29, 0.717) is 5.92 Å². The van der Waals surface area contributed by atoms with Crippen LogP contribution in [-0.2, 0) is 0 Å². The Balaban J connectivity index is 2.70. The van der Waals surface area contributed by atoms with Crippen LogP contribution in [0.15, 0.2) is 10.5 Å². The number of aryl methyl sites for hydroxylation is 1. The first-order chi connectivity index (χ1) is 7.60. The molecule has 2 unspecified atom stereocenters. The van der Waals surface area contributed by atoms with Gasteiger partial charge in [0.25, 0.3) is 0 Å². The van der Waals surface area contributed by atoms with Gasteiger partial charge in [-0.05, 0) is 41.3 Å². The minimum absolute atomic E-state index is 0.214. The number of hydrogen-bond donors (Lipinski definition) is 1. The van der Waals surface area contributed by atoms with Crippen LogP contribution in [0, 0.1) is 12.8 Å². The Bertz CT molecular complexity index is 302. The summed E-state index contributed by atoms with van der Waals surface area (Å²) in [5.74, 6) is 0.630. The van der Waals surface area contributed by atoms with Crippen molar-refractivity contribution >= 4 is 27.3 Å². The van der Waals surface area contributed by atoms with Crippen LogP contribution in [0.3, 0.4) is 0 Å². The highest BCUT2D eigenvalue weighted by atomic mass is 79.9. The van der Waals surface area contributed by atoms with Gasteiger partial charge in [-0.15, -0.1) is 11.3 Å². The molecule has 0 radical (unpaired) electrons. The summed E-state index contributed by atoms with van der Waals surface area (Å²) in [4.78, 5) is 2.66. The SMILES string of the molecule is CCCCC(CC)C(N)c1cc(Br)c(C)s1. The lowest BCUT2D eigenvalue weighted by molar-refractivity contribution is 0.382. The van der Waals surface area contributed by atoms with E-state index >= 15 is 0 Å². The second-order valence-electron chi connectivity index (χ2n) is 4.39. The average Bonchev–Trinajstić information content (AvgIpc) is 2.60. The van der Waals surface area contributed by atoms with E-state index in [9.17, 15) is 0 Å². The second-order valence-corrected chi connectivity index (χ2v) is 6.53. The molecule has 0 bridgehead atoms. The molecule has 92 valence electrons. The Morgan fingerprint density at radius 1 is 1.44 bits per heavy atom. The summed E-state index contributed by atoms with van der Waals surface area (Å²) in [6.45, 7) is 6.62. The zero-order valence-electron chi connectivity index (χ0n) is 10.4. The molecule has 1 nitrogen and oxygen atoms in total. The zero-order chi connectivity index (χ0) is 12.1. The van der Waals surface area contributed by atoms with Gasteiger partial charge in [0.1, 0.15) is 0 Å².